The molecule has 0 unspecified atom stereocenters. The van der Waals surface area contributed by atoms with Crippen LogP contribution in [0.4, 0.5) is 11.4 Å². The Morgan fingerprint density at radius 3 is 2.41 bits per heavy atom. The second-order valence-corrected chi connectivity index (χ2v) is 8.28. The summed E-state index contributed by atoms with van der Waals surface area (Å²) in [4.78, 5) is 25.8. The number of nitrogens with one attached hydrogen (secondary N) is 2. The van der Waals surface area contributed by atoms with Crippen molar-refractivity contribution in [1.82, 2.24) is 29.3 Å². The van der Waals surface area contributed by atoms with E-state index in [4.69, 9.17) is 4.74 Å². The molecule has 0 atom stereocenters. The molecule has 0 aliphatic rings. The molecule has 176 valence electrons. The van der Waals surface area contributed by atoms with Crippen molar-refractivity contribution in [1.29, 1.82) is 0 Å². The number of halogens is 1. The zero-order chi connectivity index (χ0) is 24.2. The molecule has 2 amide bonds. The molecule has 12 heteroatoms. The number of carbonyl (C=O) groups excluding carboxylic acids is 2. The van der Waals surface area contributed by atoms with E-state index in [1.165, 1.54) is 15.6 Å². The molecule has 34 heavy (non-hydrogen) atoms. The zero-order valence-electron chi connectivity index (χ0n) is 18.8. The Kier molecular flexibility index (Phi) is 6.77. The Morgan fingerprint density at radius 1 is 1.03 bits per heavy atom. The molecule has 3 aromatic heterocycles. The molecule has 0 aliphatic heterocycles. The van der Waals surface area contributed by atoms with Gasteiger partial charge in [-0.2, -0.15) is 15.3 Å². The lowest BCUT2D eigenvalue weighted by Crippen LogP contribution is -2.21. The Labute approximate surface area is 203 Å². The minimum absolute atomic E-state index is 0.140. The van der Waals surface area contributed by atoms with Crippen molar-refractivity contribution >= 4 is 39.1 Å². The van der Waals surface area contributed by atoms with Crippen LogP contribution in [0.1, 0.15) is 33.6 Å². The Balaban J connectivity index is 1.45. The topological polar surface area (TPSA) is 121 Å². The quantitative estimate of drug-likeness (QED) is 0.362. The molecule has 0 saturated heterocycles. The third-order valence-corrected chi connectivity index (χ3v) is 5.66. The van der Waals surface area contributed by atoms with E-state index >= 15 is 0 Å². The van der Waals surface area contributed by atoms with Gasteiger partial charge in [-0.15, -0.1) is 0 Å². The molecule has 3 heterocycles. The van der Waals surface area contributed by atoms with Gasteiger partial charge in [0.1, 0.15) is 11.4 Å². The van der Waals surface area contributed by atoms with Crippen LogP contribution in [0.15, 0.2) is 53.4 Å². The van der Waals surface area contributed by atoms with E-state index in [0.717, 1.165) is 10.2 Å². The fourth-order valence-electron chi connectivity index (χ4n) is 3.17. The molecule has 4 aromatic rings. The number of carbonyl (C=O) groups is 2. The van der Waals surface area contributed by atoms with Gasteiger partial charge in [-0.3, -0.25) is 19.0 Å². The van der Waals surface area contributed by atoms with Crippen molar-refractivity contribution in [3.8, 4) is 5.75 Å². The first-order valence-corrected chi connectivity index (χ1v) is 11.2. The van der Waals surface area contributed by atoms with Crippen molar-refractivity contribution in [2.75, 3.05) is 10.6 Å². The summed E-state index contributed by atoms with van der Waals surface area (Å²) < 4.78 is 11.3. The Morgan fingerprint density at radius 2 is 1.74 bits per heavy atom. The second kappa shape index (κ2) is 9.91. The van der Waals surface area contributed by atoms with Crippen molar-refractivity contribution in [3.05, 3.63) is 70.5 Å². The molecule has 1 aromatic carbocycles. The summed E-state index contributed by atoms with van der Waals surface area (Å²) in [5.41, 5.74) is 2.08. The second-order valence-electron chi connectivity index (χ2n) is 7.37. The summed E-state index contributed by atoms with van der Waals surface area (Å²) in [6.45, 7) is 4.30. The highest BCUT2D eigenvalue weighted by molar-refractivity contribution is 9.10. The highest BCUT2D eigenvalue weighted by Crippen LogP contribution is 2.20. The average molecular weight is 527 g/mol. The summed E-state index contributed by atoms with van der Waals surface area (Å²) in [6.07, 6.45) is 4.66. The fourth-order valence-corrected chi connectivity index (χ4v) is 3.44. The molecule has 11 nitrogen and oxygen atoms in total. The third kappa shape index (κ3) is 5.01. The number of amides is 2. The zero-order valence-corrected chi connectivity index (χ0v) is 20.4. The van der Waals surface area contributed by atoms with Crippen LogP contribution in [0.5, 0.6) is 5.75 Å². The molecule has 0 bridgehead atoms. The van der Waals surface area contributed by atoms with Crippen LogP contribution >= 0.6 is 15.9 Å². The summed E-state index contributed by atoms with van der Waals surface area (Å²) in [5.74, 6) is -0.194. The lowest BCUT2D eigenvalue weighted by atomic mass is 10.3. The molecule has 4 rings (SSSR count). The third-order valence-electron chi connectivity index (χ3n) is 5.14. The minimum atomic E-state index is -0.468. The van der Waals surface area contributed by atoms with Gasteiger partial charge in [0, 0.05) is 24.3 Å². The van der Waals surface area contributed by atoms with Gasteiger partial charge in [0.25, 0.3) is 11.8 Å². The monoisotopic (exact) mass is 526 g/mol. The maximum atomic E-state index is 13.0. The van der Waals surface area contributed by atoms with E-state index in [0.29, 0.717) is 18.0 Å². The van der Waals surface area contributed by atoms with Gasteiger partial charge >= 0.3 is 0 Å². The van der Waals surface area contributed by atoms with E-state index < -0.39 is 11.8 Å². The Bertz CT molecular complexity index is 1320. The Hall–Kier alpha value is -3.93. The maximum absolute atomic E-state index is 13.0. The van der Waals surface area contributed by atoms with Gasteiger partial charge in [0.2, 0.25) is 0 Å². The van der Waals surface area contributed by atoms with Crippen LogP contribution in [0.3, 0.4) is 0 Å². The van der Waals surface area contributed by atoms with Crippen molar-refractivity contribution in [3.63, 3.8) is 0 Å². The van der Waals surface area contributed by atoms with Gasteiger partial charge in [-0.25, -0.2) is 4.68 Å². The van der Waals surface area contributed by atoms with Gasteiger partial charge in [0.05, 0.1) is 29.5 Å². The number of ether oxygens (including phenoxy) is 1. The van der Waals surface area contributed by atoms with E-state index in [1.807, 2.05) is 38.1 Å². The van der Waals surface area contributed by atoms with Crippen LogP contribution in [0.2, 0.25) is 0 Å². The largest absolute Gasteiger partial charge is 0.471 e. The van der Waals surface area contributed by atoms with Crippen molar-refractivity contribution < 1.29 is 14.3 Å². The average Bonchev–Trinajstić information content (AvgIpc) is 3.54. The number of rotatable bonds is 8. The summed E-state index contributed by atoms with van der Waals surface area (Å²) in [6, 6.07) is 8.97. The van der Waals surface area contributed by atoms with Crippen LogP contribution in [-0.4, -0.2) is 41.2 Å². The first-order chi connectivity index (χ1) is 16.4. The summed E-state index contributed by atoms with van der Waals surface area (Å²) >= 11 is 3.38. The molecule has 2 N–H and O–H groups in total. The number of aromatic nitrogens is 6. The standard InChI is InChI=1S/C22H23BrN8O3/c1-4-31-20(22(33)26-18-11-24-29(3)14(18)2)19(12-25-31)27-21(32)17-9-10-30(28-17)13-34-16-7-5-15(23)6-8-16/h5-12H,4,13H2,1-3H3,(H,26,33)(H,27,32). The SMILES string of the molecule is CCn1ncc(NC(=O)c2ccn(COc3ccc(Br)cc3)n2)c1C(=O)Nc1cnn(C)c1C. The molecule has 0 fully saturated rings. The fraction of sp³-hybridized carbons (Fsp3) is 0.227. The molecule has 0 saturated carbocycles. The maximum Gasteiger partial charge on any atom is 0.276 e. The molecular formula is C22H23BrN8O3. The number of nitrogens with zero attached hydrogens (tertiary/aromatic N) is 6. The van der Waals surface area contributed by atoms with Crippen LogP contribution in [0.25, 0.3) is 0 Å². The van der Waals surface area contributed by atoms with E-state index in [2.05, 4.69) is 41.9 Å². The number of benzene rings is 1. The van der Waals surface area contributed by atoms with Crippen LogP contribution in [0, 0.1) is 6.92 Å². The molecular weight excluding hydrogens is 504 g/mol. The first-order valence-electron chi connectivity index (χ1n) is 10.4. The van der Waals surface area contributed by atoms with Gasteiger partial charge in [0.15, 0.2) is 12.4 Å². The van der Waals surface area contributed by atoms with E-state index in [1.54, 1.807) is 30.2 Å². The number of hydrogen-bond acceptors (Lipinski definition) is 6. The minimum Gasteiger partial charge on any atom is -0.471 e. The molecule has 0 spiro atoms. The summed E-state index contributed by atoms with van der Waals surface area (Å²) in [5, 5.41) is 18.2. The lowest BCUT2D eigenvalue weighted by Gasteiger charge is -2.09. The highest BCUT2D eigenvalue weighted by atomic mass is 79.9. The molecule has 0 aliphatic carbocycles. The lowest BCUT2D eigenvalue weighted by molar-refractivity contribution is 0.101. The number of hydrogen-bond donors (Lipinski definition) is 2. The van der Waals surface area contributed by atoms with Crippen molar-refractivity contribution in [2.24, 2.45) is 7.05 Å². The van der Waals surface area contributed by atoms with E-state index in [-0.39, 0.29) is 23.8 Å². The van der Waals surface area contributed by atoms with Gasteiger partial charge in [-0.05, 0) is 44.2 Å². The number of anilines is 2. The van der Waals surface area contributed by atoms with Crippen LogP contribution < -0.4 is 15.4 Å². The predicted molar refractivity (Wildman–Crippen MR) is 129 cm³/mol. The predicted octanol–water partition coefficient (Wildman–Crippen LogP) is 3.45. The molecule has 0 radical (unpaired) electrons. The number of aryl methyl sites for hydroxylation is 2. The summed E-state index contributed by atoms with van der Waals surface area (Å²) in [7, 11) is 1.79. The van der Waals surface area contributed by atoms with Gasteiger partial charge < -0.3 is 15.4 Å². The normalized spacial score (nSPS) is 10.8. The van der Waals surface area contributed by atoms with Crippen LogP contribution in [-0.2, 0) is 20.3 Å². The van der Waals surface area contributed by atoms with Gasteiger partial charge in [-0.1, -0.05) is 15.9 Å². The first kappa shape index (κ1) is 23.2. The van der Waals surface area contributed by atoms with Crippen molar-refractivity contribution in [2.45, 2.75) is 27.1 Å². The highest BCUT2D eigenvalue weighted by Gasteiger charge is 2.22. The smallest absolute Gasteiger partial charge is 0.276 e. The van der Waals surface area contributed by atoms with E-state index in [9.17, 15) is 9.59 Å².